The smallest absolute Gasteiger partial charge is 0.124 e. The molecule has 1 aromatic rings. The van der Waals surface area contributed by atoms with E-state index in [-0.39, 0.29) is 0 Å². The van der Waals surface area contributed by atoms with Crippen LogP contribution in [0.2, 0.25) is 0 Å². The number of hydrogen-bond donors (Lipinski definition) is 3. The van der Waals surface area contributed by atoms with Crippen LogP contribution in [0.25, 0.3) is 0 Å². The van der Waals surface area contributed by atoms with Crippen molar-refractivity contribution in [3.8, 4) is 0 Å². The number of nitrogens with two attached hydrogens (primary N) is 1. The van der Waals surface area contributed by atoms with Crippen molar-refractivity contribution in [1.29, 1.82) is 0 Å². The summed E-state index contributed by atoms with van der Waals surface area (Å²) in [6.45, 7) is 0. The average Bonchev–Trinajstić information content (AvgIpc) is 2.03. The Bertz CT molecular complexity index is 299. The lowest BCUT2D eigenvalue weighted by atomic mass is 10.0. The van der Waals surface area contributed by atoms with Crippen LogP contribution in [0.1, 0.15) is 12.0 Å². The lowest BCUT2D eigenvalue weighted by Crippen LogP contribution is -2.24. The van der Waals surface area contributed by atoms with Gasteiger partial charge in [0.15, 0.2) is 0 Å². The van der Waals surface area contributed by atoms with Crippen LogP contribution in [-0.2, 0) is 6.42 Å². The molecule has 4 N–H and O–H groups in total. The molecule has 64 valence electrons. The maximum atomic E-state index is 9.29. The number of nitrogen functional groups attached to an aromatic ring is 1. The number of fused-ring (bicyclic) bond motifs is 1. The first-order valence-corrected chi connectivity index (χ1v) is 4.09. The van der Waals surface area contributed by atoms with E-state index in [0.29, 0.717) is 0 Å². The van der Waals surface area contributed by atoms with Gasteiger partial charge < -0.3 is 16.2 Å². The van der Waals surface area contributed by atoms with Gasteiger partial charge in [-0.15, -0.1) is 0 Å². The highest BCUT2D eigenvalue weighted by Gasteiger charge is 2.14. The van der Waals surface area contributed by atoms with Gasteiger partial charge in [-0.2, -0.15) is 0 Å². The van der Waals surface area contributed by atoms with Crippen molar-refractivity contribution in [2.75, 3.05) is 11.1 Å². The normalized spacial score (nSPS) is 21.2. The zero-order valence-electron chi connectivity index (χ0n) is 6.75. The molecule has 1 aliphatic heterocycles. The lowest BCUT2D eigenvalue weighted by Gasteiger charge is -2.23. The van der Waals surface area contributed by atoms with Gasteiger partial charge in [0.25, 0.3) is 0 Å². The van der Waals surface area contributed by atoms with E-state index in [0.717, 1.165) is 24.2 Å². The third-order valence-electron chi connectivity index (χ3n) is 2.14. The molecule has 0 bridgehead atoms. The van der Waals surface area contributed by atoms with E-state index in [1.54, 1.807) is 0 Å². The molecule has 3 heteroatoms. The Morgan fingerprint density at radius 1 is 1.50 bits per heavy atom. The topological polar surface area (TPSA) is 58.3 Å². The Labute approximate surface area is 71.2 Å². The van der Waals surface area contributed by atoms with Crippen LogP contribution in [0.3, 0.4) is 0 Å². The van der Waals surface area contributed by atoms with E-state index in [1.807, 2.05) is 18.2 Å². The molecule has 0 aromatic heterocycles. The van der Waals surface area contributed by atoms with Crippen molar-refractivity contribution in [2.24, 2.45) is 0 Å². The van der Waals surface area contributed by atoms with Crippen LogP contribution >= 0.6 is 0 Å². The highest BCUT2D eigenvalue weighted by molar-refractivity contribution is 5.60. The van der Waals surface area contributed by atoms with E-state index in [1.165, 1.54) is 5.56 Å². The summed E-state index contributed by atoms with van der Waals surface area (Å²) in [5, 5.41) is 12.3. The van der Waals surface area contributed by atoms with E-state index >= 15 is 0 Å². The minimum absolute atomic E-state index is 0.417. The molecule has 1 atom stereocenters. The fourth-order valence-corrected chi connectivity index (χ4v) is 1.49. The number of aryl methyl sites for hydroxylation is 1. The SMILES string of the molecule is Nc1ccc2c(c1)NC(O)CC2. The second kappa shape index (κ2) is 2.68. The first-order valence-electron chi connectivity index (χ1n) is 4.09. The molecule has 1 unspecified atom stereocenters. The minimum Gasteiger partial charge on any atom is -0.399 e. The van der Waals surface area contributed by atoms with Crippen LogP contribution < -0.4 is 11.1 Å². The van der Waals surface area contributed by atoms with E-state index < -0.39 is 6.23 Å². The number of benzene rings is 1. The molecular formula is C9H12N2O. The molecule has 3 nitrogen and oxygen atoms in total. The highest BCUT2D eigenvalue weighted by atomic mass is 16.3. The maximum absolute atomic E-state index is 9.29. The molecule has 12 heavy (non-hydrogen) atoms. The lowest BCUT2D eigenvalue weighted by molar-refractivity contribution is 0.189. The van der Waals surface area contributed by atoms with E-state index in [9.17, 15) is 5.11 Å². The summed E-state index contributed by atoms with van der Waals surface area (Å²) >= 11 is 0. The van der Waals surface area contributed by atoms with Gasteiger partial charge in [0.2, 0.25) is 0 Å². The van der Waals surface area contributed by atoms with Gasteiger partial charge in [-0.1, -0.05) is 6.07 Å². The zero-order valence-corrected chi connectivity index (χ0v) is 6.75. The molecule has 0 amide bonds. The average molecular weight is 164 g/mol. The molecule has 0 aliphatic carbocycles. The number of nitrogens with one attached hydrogen (secondary N) is 1. The van der Waals surface area contributed by atoms with E-state index in [4.69, 9.17) is 5.73 Å². The molecule has 0 spiro atoms. The minimum atomic E-state index is -0.417. The van der Waals surface area contributed by atoms with Gasteiger partial charge in [-0.25, -0.2) is 0 Å². The third-order valence-corrected chi connectivity index (χ3v) is 2.14. The monoisotopic (exact) mass is 164 g/mol. The predicted molar refractivity (Wildman–Crippen MR) is 48.8 cm³/mol. The van der Waals surface area contributed by atoms with Gasteiger partial charge in [0.1, 0.15) is 6.23 Å². The maximum Gasteiger partial charge on any atom is 0.124 e. The summed E-state index contributed by atoms with van der Waals surface area (Å²) in [6, 6.07) is 5.75. The van der Waals surface area contributed by atoms with Crippen LogP contribution in [-0.4, -0.2) is 11.3 Å². The van der Waals surface area contributed by atoms with Crippen molar-refractivity contribution in [3.05, 3.63) is 23.8 Å². The Morgan fingerprint density at radius 2 is 2.33 bits per heavy atom. The number of rotatable bonds is 0. The fraction of sp³-hybridized carbons (Fsp3) is 0.333. The molecule has 0 fully saturated rings. The molecule has 1 aliphatic rings. The summed E-state index contributed by atoms with van der Waals surface area (Å²) in [6.07, 6.45) is 1.28. The molecule has 1 heterocycles. The van der Waals surface area contributed by atoms with Crippen LogP contribution in [0.15, 0.2) is 18.2 Å². The van der Waals surface area contributed by atoms with Gasteiger partial charge in [-0.3, -0.25) is 0 Å². The largest absolute Gasteiger partial charge is 0.399 e. The summed E-state index contributed by atoms with van der Waals surface area (Å²) in [5.41, 5.74) is 8.53. The van der Waals surface area contributed by atoms with Gasteiger partial charge in [0, 0.05) is 11.4 Å². The Hall–Kier alpha value is -1.22. The fourth-order valence-electron chi connectivity index (χ4n) is 1.49. The van der Waals surface area contributed by atoms with Crippen molar-refractivity contribution < 1.29 is 5.11 Å². The summed E-state index contributed by atoms with van der Waals surface area (Å²) in [5.74, 6) is 0. The van der Waals surface area contributed by atoms with Gasteiger partial charge >= 0.3 is 0 Å². The number of aliphatic hydroxyl groups is 1. The molecule has 0 saturated heterocycles. The standard InChI is InChI=1S/C9H12N2O/c10-7-3-1-6-2-4-9(12)11-8(6)5-7/h1,3,5,9,11-12H,2,4,10H2. The van der Waals surface area contributed by atoms with E-state index in [2.05, 4.69) is 5.32 Å². The number of anilines is 2. The highest BCUT2D eigenvalue weighted by Crippen LogP contribution is 2.25. The molecular weight excluding hydrogens is 152 g/mol. The Kier molecular flexibility index (Phi) is 1.66. The van der Waals surface area contributed by atoms with Gasteiger partial charge in [0.05, 0.1) is 0 Å². The Morgan fingerprint density at radius 3 is 3.17 bits per heavy atom. The molecule has 2 rings (SSSR count). The molecule has 0 radical (unpaired) electrons. The van der Waals surface area contributed by atoms with Crippen LogP contribution in [0.5, 0.6) is 0 Å². The first-order chi connectivity index (χ1) is 5.75. The number of aliphatic hydroxyl groups excluding tert-OH is 1. The molecule has 0 saturated carbocycles. The quantitative estimate of drug-likeness (QED) is 0.500. The third kappa shape index (κ3) is 1.23. The Balaban J connectivity index is 2.37. The van der Waals surface area contributed by atoms with Crippen LogP contribution in [0, 0.1) is 0 Å². The second-order valence-corrected chi connectivity index (χ2v) is 3.12. The number of hydrogen-bond acceptors (Lipinski definition) is 3. The van der Waals surface area contributed by atoms with Crippen molar-refractivity contribution in [1.82, 2.24) is 0 Å². The predicted octanol–water partition coefficient (Wildman–Crippen LogP) is 0.945. The van der Waals surface area contributed by atoms with Crippen LogP contribution in [0.4, 0.5) is 11.4 Å². The second-order valence-electron chi connectivity index (χ2n) is 3.12. The first kappa shape index (κ1) is 7.43. The summed E-state index contributed by atoms with van der Waals surface area (Å²) in [7, 11) is 0. The van der Waals surface area contributed by atoms with Gasteiger partial charge in [-0.05, 0) is 30.5 Å². The summed E-state index contributed by atoms with van der Waals surface area (Å²) < 4.78 is 0. The zero-order chi connectivity index (χ0) is 8.55. The summed E-state index contributed by atoms with van der Waals surface area (Å²) in [4.78, 5) is 0. The van der Waals surface area contributed by atoms with Crippen molar-refractivity contribution in [2.45, 2.75) is 19.1 Å². The van der Waals surface area contributed by atoms with Crippen molar-refractivity contribution in [3.63, 3.8) is 0 Å². The molecule has 1 aromatic carbocycles. The van der Waals surface area contributed by atoms with Crippen molar-refractivity contribution >= 4 is 11.4 Å².